The molecule has 1 amide bonds. The van der Waals surface area contributed by atoms with Crippen LogP contribution >= 0.6 is 0 Å². The minimum absolute atomic E-state index is 0.131. The smallest absolute Gasteiger partial charge is 0.422 e. The second kappa shape index (κ2) is 6.09. The van der Waals surface area contributed by atoms with Crippen LogP contribution in [0.3, 0.4) is 0 Å². The maximum Gasteiger partial charge on any atom is 0.422 e. The Balaban J connectivity index is 2.47. The number of hydrogen-bond donors (Lipinski definition) is 1. The second-order valence-corrected chi connectivity index (χ2v) is 3.47. The lowest BCUT2D eigenvalue weighted by atomic mass is 10.2. The van der Waals surface area contributed by atoms with Gasteiger partial charge in [0.2, 0.25) is 5.91 Å². The number of ether oxygens (including phenoxy) is 1. The van der Waals surface area contributed by atoms with Crippen LogP contribution in [0.15, 0.2) is 36.9 Å². The first kappa shape index (κ1) is 14.1. The molecule has 1 aromatic carbocycles. The quantitative estimate of drug-likeness (QED) is 0.825. The molecular formula is C12H12F3NO2. The fourth-order valence-electron chi connectivity index (χ4n) is 1.13. The Hall–Kier alpha value is -1.98. The van der Waals surface area contributed by atoms with Gasteiger partial charge < -0.3 is 10.1 Å². The van der Waals surface area contributed by atoms with Crippen molar-refractivity contribution in [2.24, 2.45) is 0 Å². The number of nitrogens with one attached hydrogen (secondary N) is 1. The van der Waals surface area contributed by atoms with Crippen LogP contribution in [0.5, 0.6) is 5.75 Å². The van der Waals surface area contributed by atoms with E-state index < -0.39 is 12.8 Å². The van der Waals surface area contributed by atoms with E-state index in [1.807, 2.05) is 0 Å². The van der Waals surface area contributed by atoms with Gasteiger partial charge in [-0.05, 0) is 23.8 Å². The van der Waals surface area contributed by atoms with Crippen molar-refractivity contribution >= 4 is 5.91 Å². The summed E-state index contributed by atoms with van der Waals surface area (Å²) in [5.74, 6) is -0.182. The molecule has 0 atom stereocenters. The minimum atomic E-state index is -4.35. The van der Waals surface area contributed by atoms with Crippen LogP contribution in [0.1, 0.15) is 5.56 Å². The summed E-state index contributed by atoms with van der Waals surface area (Å²) in [6.45, 7) is 2.26. The molecule has 0 fully saturated rings. The Morgan fingerprint density at radius 1 is 1.33 bits per heavy atom. The SMILES string of the molecule is C=CC(=O)NCc1ccc(OCC(F)(F)F)cc1. The van der Waals surface area contributed by atoms with Crippen molar-refractivity contribution in [3.05, 3.63) is 42.5 Å². The van der Waals surface area contributed by atoms with E-state index in [2.05, 4.69) is 16.6 Å². The number of hydrogen-bond acceptors (Lipinski definition) is 2. The van der Waals surface area contributed by atoms with E-state index in [1.54, 1.807) is 12.1 Å². The molecule has 98 valence electrons. The number of rotatable bonds is 5. The van der Waals surface area contributed by atoms with Gasteiger partial charge in [-0.25, -0.2) is 0 Å². The highest BCUT2D eigenvalue weighted by molar-refractivity contribution is 5.86. The predicted octanol–water partition coefficient (Wildman–Crippen LogP) is 2.43. The van der Waals surface area contributed by atoms with Gasteiger partial charge in [0, 0.05) is 6.54 Å². The van der Waals surface area contributed by atoms with Crippen molar-refractivity contribution in [3.8, 4) is 5.75 Å². The summed E-state index contributed by atoms with van der Waals surface area (Å²) in [7, 11) is 0. The van der Waals surface area contributed by atoms with Crippen LogP contribution in [-0.4, -0.2) is 18.7 Å². The van der Waals surface area contributed by atoms with Crippen molar-refractivity contribution in [2.45, 2.75) is 12.7 Å². The van der Waals surface area contributed by atoms with Crippen LogP contribution in [0.25, 0.3) is 0 Å². The Kier molecular flexibility index (Phi) is 4.76. The highest BCUT2D eigenvalue weighted by Crippen LogP contribution is 2.18. The number of carbonyl (C=O) groups excluding carboxylic acids is 1. The molecule has 1 rings (SSSR count). The lowest BCUT2D eigenvalue weighted by Gasteiger charge is -2.09. The average Bonchev–Trinajstić information content (AvgIpc) is 2.33. The molecule has 0 radical (unpaired) electrons. The Morgan fingerprint density at radius 3 is 2.44 bits per heavy atom. The van der Waals surface area contributed by atoms with Crippen LogP contribution in [0, 0.1) is 0 Å². The Bertz CT molecular complexity index is 412. The average molecular weight is 259 g/mol. The molecule has 18 heavy (non-hydrogen) atoms. The molecule has 3 nitrogen and oxygen atoms in total. The largest absolute Gasteiger partial charge is 0.484 e. The first-order chi connectivity index (χ1) is 8.40. The molecule has 0 aliphatic carbocycles. The summed E-state index contributed by atoms with van der Waals surface area (Å²) >= 11 is 0. The summed E-state index contributed by atoms with van der Waals surface area (Å²) in [4.78, 5) is 10.9. The highest BCUT2D eigenvalue weighted by atomic mass is 19.4. The maximum absolute atomic E-state index is 11.9. The second-order valence-electron chi connectivity index (χ2n) is 3.47. The number of amides is 1. The van der Waals surface area contributed by atoms with E-state index in [0.29, 0.717) is 0 Å². The van der Waals surface area contributed by atoms with Gasteiger partial charge in [0.1, 0.15) is 5.75 Å². The zero-order valence-corrected chi connectivity index (χ0v) is 9.46. The normalized spacial score (nSPS) is 10.8. The molecule has 1 aromatic rings. The van der Waals surface area contributed by atoms with Crippen LogP contribution in [0.4, 0.5) is 13.2 Å². The zero-order valence-electron chi connectivity index (χ0n) is 9.46. The van der Waals surface area contributed by atoms with Gasteiger partial charge in [0.25, 0.3) is 0 Å². The van der Waals surface area contributed by atoms with E-state index in [4.69, 9.17) is 0 Å². The Labute approximate surface area is 102 Å². The summed E-state index contributed by atoms with van der Waals surface area (Å²) in [6, 6.07) is 5.99. The van der Waals surface area contributed by atoms with Gasteiger partial charge in [-0.3, -0.25) is 4.79 Å². The van der Waals surface area contributed by atoms with E-state index in [0.717, 1.165) is 11.6 Å². The van der Waals surface area contributed by atoms with E-state index in [-0.39, 0.29) is 18.2 Å². The van der Waals surface area contributed by atoms with Gasteiger partial charge in [-0.1, -0.05) is 18.7 Å². The van der Waals surface area contributed by atoms with Gasteiger partial charge in [0.05, 0.1) is 0 Å². The third kappa shape index (κ3) is 5.38. The molecule has 1 N–H and O–H groups in total. The van der Waals surface area contributed by atoms with E-state index >= 15 is 0 Å². The van der Waals surface area contributed by atoms with Crippen LogP contribution in [0.2, 0.25) is 0 Å². The number of alkyl halides is 3. The van der Waals surface area contributed by atoms with Gasteiger partial charge >= 0.3 is 6.18 Å². The molecular weight excluding hydrogens is 247 g/mol. The number of halogens is 3. The lowest BCUT2D eigenvalue weighted by Crippen LogP contribution is -2.20. The van der Waals surface area contributed by atoms with Crippen LogP contribution in [-0.2, 0) is 11.3 Å². The summed E-state index contributed by atoms with van der Waals surface area (Å²) in [5.41, 5.74) is 0.754. The molecule has 0 aliphatic heterocycles. The molecule has 6 heteroatoms. The lowest BCUT2D eigenvalue weighted by molar-refractivity contribution is -0.153. The minimum Gasteiger partial charge on any atom is -0.484 e. The fourth-order valence-corrected chi connectivity index (χ4v) is 1.13. The number of carbonyl (C=O) groups is 1. The summed E-state index contributed by atoms with van der Waals surface area (Å²) in [5, 5.41) is 2.55. The van der Waals surface area contributed by atoms with Crippen molar-refractivity contribution in [1.29, 1.82) is 0 Å². The van der Waals surface area contributed by atoms with Gasteiger partial charge in [-0.2, -0.15) is 13.2 Å². The van der Waals surface area contributed by atoms with Crippen molar-refractivity contribution in [2.75, 3.05) is 6.61 Å². The monoisotopic (exact) mass is 259 g/mol. The zero-order chi connectivity index (χ0) is 13.6. The predicted molar refractivity (Wildman–Crippen MR) is 60.0 cm³/mol. The van der Waals surface area contributed by atoms with Crippen molar-refractivity contribution < 1.29 is 22.7 Å². The third-order valence-corrected chi connectivity index (χ3v) is 1.98. The third-order valence-electron chi connectivity index (χ3n) is 1.98. The Morgan fingerprint density at radius 2 is 1.94 bits per heavy atom. The standard InChI is InChI=1S/C12H12F3NO2/c1-2-11(17)16-7-9-3-5-10(6-4-9)18-8-12(13,14)15/h2-6H,1,7-8H2,(H,16,17). The van der Waals surface area contributed by atoms with Crippen LogP contribution < -0.4 is 10.1 Å². The molecule has 0 unspecified atom stereocenters. The van der Waals surface area contributed by atoms with Crippen molar-refractivity contribution in [3.63, 3.8) is 0 Å². The molecule has 0 heterocycles. The van der Waals surface area contributed by atoms with E-state index in [1.165, 1.54) is 12.1 Å². The first-order valence-electron chi connectivity index (χ1n) is 5.09. The van der Waals surface area contributed by atoms with Crippen molar-refractivity contribution in [1.82, 2.24) is 5.32 Å². The molecule has 0 aliphatic rings. The first-order valence-corrected chi connectivity index (χ1v) is 5.09. The molecule has 0 bridgehead atoms. The maximum atomic E-state index is 11.9. The van der Waals surface area contributed by atoms with E-state index in [9.17, 15) is 18.0 Å². The molecule has 0 spiro atoms. The van der Waals surface area contributed by atoms with Gasteiger partial charge in [-0.15, -0.1) is 0 Å². The molecule has 0 saturated carbocycles. The van der Waals surface area contributed by atoms with Gasteiger partial charge in [0.15, 0.2) is 6.61 Å². The highest BCUT2D eigenvalue weighted by Gasteiger charge is 2.28. The fraction of sp³-hybridized carbons (Fsp3) is 0.250. The molecule has 0 saturated heterocycles. The topological polar surface area (TPSA) is 38.3 Å². The number of benzene rings is 1. The molecule has 0 aromatic heterocycles. The summed E-state index contributed by atoms with van der Waals surface area (Å²) < 4.78 is 40.2. The summed E-state index contributed by atoms with van der Waals surface area (Å²) in [6.07, 6.45) is -3.21.